The second-order valence-corrected chi connectivity index (χ2v) is 15.4. The van der Waals surface area contributed by atoms with E-state index in [1.54, 1.807) is 18.2 Å². The molecule has 1 amide bonds. The molecule has 7 rings (SSSR count). The van der Waals surface area contributed by atoms with E-state index in [-0.39, 0.29) is 28.7 Å². The predicted octanol–water partition coefficient (Wildman–Crippen LogP) is 4.62. The van der Waals surface area contributed by atoms with Crippen molar-refractivity contribution in [3.05, 3.63) is 70.3 Å². The molecule has 5 aliphatic rings. The molecular formula is C33H39ClN2O6S. The van der Waals surface area contributed by atoms with Crippen LogP contribution in [0.15, 0.2) is 48.6 Å². The van der Waals surface area contributed by atoms with Crippen molar-refractivity contribution in [2.24, 2.45) is 17.8 Å². The Morgan fingerprint density at radius 3 is 2.81 bits per heavy atom. The number of halogens is 1. The number of nitrogens with zero attached hydrogens (tertiary/aromatic N) is 1. The third-order valence-corrected chi connectivity index (χ3v) is 12.6. The van der Waals surface area contributed by atoms with Gasteiger partial charge in [-0.1, -0.05) is 29.8 Å². The van der Waals surface area contributed by atoms with Gasteiger partial charge in [-0.15, -0.1) is 0 Å². The van der Waals surface area contributed by atoms with E-state index < -0.39 is 27.3 Å². The molecule has 1 saturated carbocycles. The van der Waals surface area contributed by atoms with E-state index in [4.69, 9.17) is 21.1 Å². The standard InChI is InChI=1S/C33H39ClN2O6S/c34-25-8-10-27-21(15-25)4-2-13-33(27)19-36-17-23-6-9-26(23)29(37)5-1-3-24-18-41-14-12-31(24)43(39,40)35-32(38)22-7-11-30(42-20-33)28(36)16-22/h1,5,7-8,10-11,15-16,23-24,26,29,31,37H,2-4,6,9,12-14,17-20H2,(H,35,38)/b5-1-/t23-,24-,26+,29-,31-,33-/m0/s1. The molecule has 0 aromatic heterocycles. The molecule has 43 heavy (non-hydrogen) atoms. The first kappa shape index (κ1) is 29.1. The second kappa shape index (κ2) is 11.4. The van der Waals surface area contributed by atoms with Gasteiger partial charge < -0.3 is 19.5 Å². The lowest BCUT2D eigenvalue weighted by Crippen LogP contribution is -2.49. The van der Waals surface area contributed by atoms with Crippen LogP contribution in [0.3, 0.4) is 0 Å². The summed E-state index contributed by atoms with van der Waals surface area (Å²) in [4.78, 5) is 15.8. The highest BCUT2D eigenvalue weighted by atomic mass is 35.5. The van der Waals surface area contributed by atoms with E-state index in [1.165, 1.54) is 11.1 Å². The molecule has 2 fully saturated rings. The Morgan fingerprint density at radius 2 is 1.98 bits per heavy atom. The van der Waals surface area contributed by atoms with Gasteiger partial charge in [0, 0.05) is 41.6 Å². The van der Waals surface area contributed by atoms with Gasteiger partial charge in [-0.3, -0.25) is 4.79 Å². The Bertz CT molecular complexity index is 1550. The van der Waals surface area contributed by atoms with Crippen LogP contribution in [-0.4, -0.2) is 63.7 Å². The summed E-state index contributed by atoms with van der Waals surface area (Å²) >= 11 is 6.39. The minimum absolute atomic E-state index is 0.110. The molecule has 6 atom stereocenters. The average molecular weight is 627 g/mol. The highest BCUT2D eigenvalue weighted by Crippen LogP contribution is 2.47. The van der Waals surface area contributed by atoms with Gasteiger partial charge in [0.05, 0.1) is 30.3 Å². The number of nitrogens with one attached hydrogen (secondary N) is 1. The van der Waals surface area contributed by atoms with Gasteiger partial charge in [-0.25, -0.2) is 13.1 Å². The van der Waals surface area contributed by atoms with Crippen molar-refractivity contribution in [2.45, 2.75) is 61.7 Å². The largest absolute Gasteiger partial charge is 0.490 e. The van der Waals surface area contributed by atoms with Crippen LogP contribution in [-0.2, 0) is 26.6 Å². The first-order valence-corrected chi connectivity index (χ1v) is 17.4. The lowest BCUT2D eigenvalue weighted by Gasteiger charge is -2.45. The van der Waals surface area contributed by atoms with Gasteiger partial charge in [0.1, 0.15) is 5.75 Å². The van der Waals surface area contributed by atoms with E-state index >= 15 is 0 Å². The lowest BCUT2D eigenvalue weighted by atomic mass is 9.68. The summed E-state index contributed by atoms with van der Waals surface area (Å²) in [6.45, 7) is 2.52. The van der Waals surface area contributed by atoms with Crippen molar-refractivity contribution in [1.29, 1.82) is 0 Å². The second-order valence-electron chi connectivity index (χ2n) is 13.1. The molecule has 0 unspecified atom stereocenters. The van der Waals surface area contributed by atoms with Gasteiger partial charge in [0.15, 0.2) is 0 Å². The fraction of sp³-hybridized carbons (Fsp3) is 0.545. The van der Waals surface area contributed by atoms with E-state index in [2.05, 4.69) is 21.8 Å². The zero-order chi connectivity index (χ0) is 29.8. The van der Waals surface area contributed by atoms with Crippen molar-refractivity contribution < 1.29 is 27.8 Å². The number of carbonyl (C=O) groups is 1. The molecule has 8 nitrogen and oxygen atoms in total. The molecule has 2 aromatic rings. The van der Waals surface area contributed by atoms with Crippen LogP contribution >= 0.6 is 11.6 Å². The molecule has 3 aliphatic heterocycles. The fourth-order valence-corrected chi connectivity index (χ4v) is 9.84. The van der Waals surface area contributed by atoms with Crippen LogP contribution in [0.2, 0.25) is 5.02 Å². The molecule has 10 heteroatoms. The Kier molecular flexibility index (Phi) is 7.73. The Hall–Kier alpha value is -2.59. The zero-order valence-electron chi connectivity index (χ0n) is 24.2. The number of aliphatic hydroxyl groups excluding tert-OH is 1. The van der Waals surface area contributed by atoms with Crippen molar-refractivity contribution in [3.8, 4) is 5.75 Å². The Balaban J connectivity index is 1.29. The van der Waals surface area contributed by atoms with Gasteiger partial charge in [-0.2, -0.15) is 0 Å². The number of carbonyl (C=O) groups excluding carboxylic acids is 1. The molecule has 2 aliphatic carbocycles. The van der Waals surface area contributed by atoms with Gasteiger partial charge in [-0.05, 0) is 98.2 Å². The Labute approximate surface area is 258 Å². The summed E-state index contributed by atoms with van der Waals surface area (Å²) in [5, 5.41) is 11.2. The number of aryl methyl sites for hydroxylation is 1. The van der Waals surface area contributed by atoms with E-state index in [0.717, 1.165) is 42.8 Å². The number of hydrogen-bond donors (Lipinski definition) is 2. The molecular weight excluding hydrogens is 588 g/mol. The van der Waals surface area contributed by atoms with Gasteiger partial charge in [0.25, 0.3) is 5.91 Å². The number of aliphatic hydroxyl groups is 1. The van der Waals surface area contributed by atoms with Crippen molar-refractivity contribution >= 4 is 33.2 Å². The number of benzene rings is 2. The number of rotatable bonds is 0. The average Bonchev–Trinajstić information content (AvgIpc) is 3.11. The Morgan fingerprint density at radius 1 is 1.09 bits per heavy atom. The number of allylic oxidation sites excluding steroid dienone is 1. The van der Waals surface area contributed by atoms with Gasteiger partial charge >= 0.3 is 0 Å². The van der Waals surface area contributed by atoms with Crippen molar-refractivity contribution in [3.63, 3.8) is 0 Å². The summed E-state index contributed by atoms with van der Waals surface area (Å²) < 4.78 is 41.5. The van der Waals surface area contributed by atoms with Crippen LogP contribution in [0.5, 0.6) is 5.75 Å². The minimum atomic E-state index is -3.96. The summed E-state index contributed by atoms with van der Waals surface area (Å²) in [5.74, 6) is 0.128. The summed E-state index contributed by atoms with van der Waals surface area (Å²) in [5.41, 5.74) is 3.31. The monoisotopic (exact) mass is 626 g/mol. The van der Waals surface area contributed by atoms with E-state index in [0.29, 0.717) is 51.5 Å². The first-order valence-electron chi connectivity index (χ1n) is 15.5. The van der Waals surface area contributed by atoms with Crippen LogP contribution in [0, 0.1) is 17.8 Å². The fourth-order valence-electron chi connectivity index (χ4n) is 8.01. The van der Waals surface area contributed by atoms with Crippen LogP contribution in [0.1, 0.15) is 60.0 Å². The number of ether oxygens (including phenoxy) is 2. The maximum Gasteiger partial charge on any atom is 0.264 e. The third kappa shape index (κ3) is 5.47. The molecule has 3 heterocycles. The summed E-state index contributed by atoms with van der Waals surface area (Å²) in [6.07, 6.45) is 8.81. The van der Waals surface area contributed by atoms with E-state index in [1.807, 2.05) is 18.2 Å². The quantitative estimate of drug-likeness (QED) is 0.411. The minimum Gasteiger partial charge on any atom is -0.490 e. The molecule has 1 saturated heterocycles. The number of anilines is 1. The van der Waals surface area contributed by atoms with Crippen LogP contribution in [0.25, 0.3) is 0 Å². The molecule has 2 N–H and O–H groups in total. The summed E-state index contributed by atoms with van der Waals surface area (Å²) in [7, 11) is -3.96. The number of hydrogen-bond acceptors (Lipinski definition) is 7. The van der Waals surface area contributed by atoms with E-state index in [9.17, 15) is 18.3 Å². The maximum atomic E-state index is 13.5. The third-order valence-electron chi connectivity index (χ3n) is 10.5. The topological polar surface area (TPSA) is 105 Å². The van der Waals surface area contributed by atoms with Crippen LogP contribution in [0.4, 0.5) is 5.69 Å². The molecule has 1 spiro atoms. The molecule has 0 radical (unpaired) electrons. The molecule has 2 aromatic carbocycles. The number of fused-ring (bicyclic) bond motifs is 5. The highest BCUT2D eigenvalue weighted by Gasteiger charge is 2.44. The number of amides is 1. The maximum absolute atomic E-state index is 13.5. The van der Waals surface area contributed by atoms with Crippen LogP contribution < -0.4 is 14.4 Å². The lowest BCUT2D eigenvalue weighted by molar-refractivity contribution is 0.0446. The predicted molar refractivity (Wildman–Crippen MR) is 165 cm³/mol. The van der Waals surface area contributed by atoms with Crippen molar-refractivity contribution in [1.82, 2.24) is 4.72 Å². The molecule has 2 bridgehead atoms. The zero-order valence-corrected chi connectivity index (χ0v) is 25.8. The smallest absolute Gasteiger partial charge is 0.264 e. The van der Waals surface area contributed by atoms with Crippen molar-refractivity contribution in [2.75, 3.05) is 37.8 Å². The molecule has 230 valence electrons. The number of sulfonamides is 1. The SMILES string of the molecule is O=C1NS(=O)(=O)[C@H]2CCOC[C@@H]2C/C=C\[C@H](O)[C@@H]2CC[C@H]2CN2C[C@@]3(CCCc4cc(Cl)ccc43)COc3ccc1cc32. The normalized spacial score (nSPS) is 34.3. The first-order chi connectivity index (χ1) is 20.7. The van der Waals surface area contributed by atoms with Gasteiger partial charge in [0.2, 0.25) is 10.0 Å². The summed E-state index contributed by atoms with van der Waals surface area (Å²) in [6, 6.07) is 11.4. The highest BCUT2D eigenvalue weighted by molar-refractivity contribution is 7.90.